The van der Waals surface area contributed by atoms with Gasteiger partial charge in [-0.1, -0.05) is 43.5 Å². The zero-order valence-corrected chi connectivity index (χ0v) is 26.3. The number of piperazine rings is 1. The van der Waals surface area contributed by atoms with Gasteiger partial charge in [0.15, 0.2) is 5.82 Å². The number of anilines is 2. The van der Waals surface area contributed by atoms with Crippen LogP contribution >= 0.6 is 0 Å². The number of carbonyl (C=O) groups is 1. The summed E-state index contributed by atoms with van der Waals surface area (Å²) in [7, 11) is 0. The largest absolute Gasteiger partial charge is 0.470 e. The molecule has 3 aromatic rings. The van der Waals surface area contributed by atoms with E-state index in [1.165, 1.54) is 37.8 Å². The van der Waals surface area contributed by atoms with Crippen LogP contribution in [0.3, 0.4) is 0 Å². The molecule has 1 amide bonds. The molecule has 45 heavy (non-hydrogen) atoms. The van der Waals surface area contributed by atoms with Crippen LogP contribution in [-0.2, 0) is 11.4 Å². The molecule has 0 radical (unpaired) electrons. The van der Waals surface area contributed by atoms with Gasteiger partial charge in [-0.3, -0.25) is 14.7 Å². The van der Waals surface area contributed by atoms with Gasteiger partial charge in [0.1, 0.15) is 6.61 Å². The van der Waals surface area contributed by atoms with Crippen molar-refractivity contribution < 1.29 is 9.53 Å². The van der Waals surface area contributed by atoms with Gasteiger partial charge in [-0.05, 0) is 79.8 Å². The highest BCUT2D eigenvalue weighted by molar-refractivity contribution is 5.75. The van der Waals surface area contributed by atoms with E-state index in [9.17, 15) is 4.79 Å². The van der Waals surface area contributed by atoms with E-state index in [4.69, 9.17) is 10.5 Å². The predicted octanol–water partition coefficient (Wildman–Crippen LogP) is 5.49. The fraction of sp³-hybridized carbons (Fsp3) is 0.500. The average molecular weight is 610 g/mol. The summed E-state index contributed by atoms with van der Waals surface area (Å²) in [6.07, 6.45) is 19.0. The standard InChI is InChI=1S/C36H47N7O2/c37-35-36(45-26-27-13-15-38-16-14-27)41-33(25-40-35)29-9-11-32(12-10-29)43-20-18-42(19-21-43)17-5-3-1-2-4-6-34(44)39-24-31-23-28-7-8-30(31)22-28/h7-16,25,28,30-31H,1-6,17-24,26H2,(H2,37,40)(H,39,44). The molecule has 0 spiro atoms. The maximum Gasteiger partial charge on any atom is 0.258 e. The van der Waals surface area contributed by atoms with Gasteiger partial charge in [-0.2, -0.15) is 0 Å². The van der Waals surface area contributed by atoms with Gasteiger partial charge >= 0.3 is 0 Å². The molecule has 1 aromatic carbocycles. The van der Waals surface area contributed by atoms with Gasteiger partial charge < -0.3 is 20.7 Å². The van der Waals surface area contributed by atoms with Crippen LogP contribution in [0.2, 0.25) is 0 Å². The summed E-state index contributed by atoms with van der Waals surface area (Å²) >= 11 is 0. The van der Waals surface area contributed by atoms with Crippen LogP contribution in [0.25, 0.3) is 11.3 Å². The molecule has 2 bridgehead atoms. The summed E-state index contributed by atoms with van der Waals surface area (Å²) in [6.45, 7) is 6.61. The van der Waals surface area contributed by atoms with E-state index >= 15 is 0 Å². The highest BCUT2D eigenvalue weighted by Gasteiger charge is 2.35. The number of hydrogen-bond donors (Lipinski definition) is 2. The molecule has 9 nitrogen and oxygen atoms in total. The van der Waals surface area contributed by atoms with Gasteiger partial charge in [0, 0.05) is 62.8 Å². The second kappa shape index (κ2) is 15.3. The molecule has 2 aliphatic carbocycles. The van der Waals surface area contributed by atoms with Gasteiger partial charge in [0.2, 0.25) is 5.91 Å². The fourth-order valence-electron chi connectivity index (χ4n) is 6.94. The first-order valence-corrected chi connectivity index (χ1v) is 16.8. The van der Waals surface area contributed by atoms with E-state index in [2.05, 4.69) is 66.5 Å². The number of hydrogen-bond acceptors (Lipinski definition) is 8. The third kappa shape index (κ3) is 8.60. The molecule has 6 rings (SSSR count). The number of nitrogens with two attached hydrogens (primary N) is 1. The lowest BCUT2D eigenvalue weighted by Crippen LogP contribution is -2.46. The topological polar surface area (TPSA) is 110 Å². The van der Waals surface area contributed by atoms with Crippen LogP contribution in [0.4, 0.5) is 11.5 Å². The van der Waals surface area contributed by atoms with Gasteiger partial charge in [-0.15, -0.1) is 0 Å². The van der Waals surface area contributed by atoms with Gasteiger partial charge in [-0.25, -0.2) is 9.97 Å². The minimum atomic E-state index is 0.240. The highest BCUT2D eigenvalue weighted by Crippen LogP contribution is 2.43. The maximum atomic E-state index is 12.2. The molecular weight excluding hydrogens is 562 g/mol. The number of rotatable bonds is 15. The highest BCUT2D eigenvalue weighted by atomic mass is 16.5. The normalized spacial score (nSPS) is 20.9. The van der Waals surface area contributed by atoms with E-state index in [-0.39, 0.29) is 11.7 Å². The minimum absolute atomic E-state index is 0.240. The van der Waals surface area contributed by atoms with Crippen LogP contribution in [0.1, 0.15) is 56.9 Å². The Morgan fingerprint density at radius 3 is 2.47 bits per heavy atom. The number of ether oxygens (including phenoxy) is 1. The number of unbranched alkanes of at least 4 members (excludes halogenated alkanes) is 4. The Morgan fingerprint density at radius 1 is 0.933 bits per heavy atom. The Labute approximate surface area is 267 Å². The lowest BCUT2D eigenvalue weighted by molar-refractivity contribution is -0.121. The SMILES string of the molecule is Nc1ncc(-c2ccc(N3CCN(CCCCCCCC(=O)NCC4CC5C=CC4C5)CC3)cc2)nc1OCc1ccncc1. The van der Waals surface area contributed by atoms with Crippen molar-refractivity contribution >= 4 is 17.4 Å². The summed E-state index contributed by atoms with van der Waals surface area (Å²) in [6, 6.07) is 12.3. The molecular formula is C36H47N7O2. The number of pyridine rings is 1. The monoisotopic (exact) mass is 609 g/mol. The van der Waals surface area contributed by atoms with Crippen molar-refractivity contribution in [1.29, 1.82) is 0 Å². The molecule has 1 saturated carbocycles. The lowest BCUT2D eigenvalue weighted by Gasteiger charge is -2.36. The summed E-state index contributed by atoms with van der Waals surface area (Å²) in [5.74, 6) is 3.01. The van der Waals surface area contributed by atoms with Crippen LogP contribution < -0.4 is 20.7 Å². The molecule has 9 heteroatoms. The Bertz CT molecular complexity index is 1410. The first-order valence-electron chi connectivity index (χ1n) is 16.8. The Balaban J connectivity index is 0.844. The Hall–Kier alpha value is -3.98. The van der Waals surface area contributed by atoms with Crippen molar-refractivity contribution in [3.63, 3.8) is 0 Å². The molecule has 2 fully saturated rings. The maximum absolute atomic E-state index is 12.2. The van der Waals surface area contributed by atoms with Gasteiger partial charge in [0.25, 0.3) is 5.88 Å². The second-order valence-electron chi connectivity index (χ2n) is 12.8. The van der Waals surface area contributed by atoms with E-state index < -0.39 is 0 Å². The number of fused-ring (bicyclic) bond motifs is 2. The van der Waals surface area contributed by atoms with Crippen molar-refractivity contribution in [2.45, 2.75) is 58.0 Å². The zero-order chi connectivity index (χ0) is 30.8. The van der Waals surface area contributed by atoms with E-state index in [1.54, 1.807) is 18.6 Å². The number of benzene rings is 1. The van der Waals surface area contributed by atoms with Crippen molar-refractivity contribution in [3.8, 4) is 17.1 Å². The van der Waals surface area contributed by atoms with Gasteiger partial charge in [0.05, 0.1) is 11.9 Å². The van der Waals surface area contributed by atoms with Crippen molar-refractivity contribution in [1.82, 2.24) is 25.2 Å². The van der Waals surface area contributed by atoms with Crippen LogP contribution in [-0.4, -0.2) is 65.0 Å². The first-order chi connectivity index (χ1) is 22.1. The number of nitrogens with one attached hydrogen (secondary N) is 1. The number of amides is 1. The molecule has 2 aromatic heterocycles. The summed E-state index contributed by atoms with van der Waals surface area (Å²) in [5.41, 5.74) is 9.96. The first kappa shape index (κ1) is 31.0. The average Bonchev–Trinajstić information content (AvgIpc) is 3.71. The van der Waals surface area contributed by atoms with E-state index in [1.807, 2.05) is 12.1 Å². The smallest absolute Gasteiger partial charge is 0.258 e. The lowest BCUT2D eigenvalue weighted by atomic mass is 9.93. The number of nitrogens with zero attached hydrogens (tertiary/aromatic N) is 5. The van der Waals surface area contributed by atoms with E-state index in [0.717, 1.165) is 74.8 Å². The predicted molar refractivity (Wildman–Crippen MR) is 179 cm³/mol. The summed E-state index contributed by atoms with van der Waals surface area (Å²) in [5, 5.41) is 3.19. The molecule has 3 aliphatic rings. The number of nitrogen functional groups attached to an aromatic ring is 1. The molecule has 3 heterocycles. The molecule has 238 valence electrons. The third-order valence-electron chi connectivity index (χ3n) is 9.65. The van der Waals surface area contributed by atoms with Crippen molar-refractivity contribution in [2.75, 3.05) is 49.9 Å². The molecule has 1 saturated heterocycles. The Kier molecular flexibility index (Phi) is 10.6. The number of carbonyl (C=O) groups excluding carboxylic acids is 1. The summed E-state index contributed by atoms with van der Waals surface area (Å²) in [4.78, 5) is 30.3. The Morgan fingerprint density at radius 2 is 1.71 bits per heavy atom. The minimum Gasteiger partial charge on any atom is -0.470 e. The zero-order valence-electron chi connectivity index (χ0n) is 26.3. The fourth-order valence-corrected chi connectivity index (χ4v) is 6.94. The quantitative estimate of drug-likeness (QED) is 0.172. The van der Waals surface area contributed by atoms with E-state index in [0.29, 0.717) is 30.7 Å². The molecule has 3 unspecified atom stereocenters. The molecule has 3 atom stereocenters. The summed E-state index contributed by atoms with van der Waals surface area (Å²) < 4.78 is 5.85. The van der Waals surface area contributed by atoms with Crippen LogP contribution in [0.15, 0.2) is 67.1 Å². The van der Waals surface area contributed by atoms with Crippen LogP contribution in [0, 0.1) is 17.8 Å². The number of allylic oxidation sites excluding steroid dienone is 2. The number of aromatic nitrogens is 3. The molecule has 3 N–H and O–H groups in total. The third-order valence-corrected chi connectivity index (χ3v) is 9.65. The van der Waals surface area contributed by atoms with Crippen molar-refractivity contribution in [2.24, 2.45) is 17.8 Å². The second-order valence-corrected chi connectivity index (χ2v) is 12.8. The van der Waals surface area contributed by atoms with Crippen LogP contribution in [0.5, 0.6) is 5.88 Å². The molecule has 1 aliphatic heterocycles. The van der Waals surface area contributed by atoms with Crippen molar-refractivity contribution in [3.05, 3.63) is 72.7 Å².